The van der Waals surface area contributed by atoms with E-state index in [1.54, 1.807) is 6.07 Å². The highest BCUT2D eigenvalue weighted by Gasteiger charge is 2.20. The van der Waals surface area contributed by atoms with Gasteiger partial charge in [0.15, 0.2) is 6.10 Å². The highest BCUT2D eigenvalue weighted by Crippen LogP contribution is 2.20. The Morgan fingerprint density at radius 2 is 2.19 bits per heavy atom. The summed E-state index contributed by atoms with van der Waals surface area (Å²) in [6, 6.07) is 4.18. The average molecular weight is 291 g/mol. The molecule has 88 valence electrons. The molecule has 2 N–H and O–H groups in total. The Morgan fingerprint density at radius 3 is 2.75 bits per heavy atom. The highest BCUT2D eigenvalue weighted by atomic mass is 79.9. The van der Waals surface area contributed by atoms with Gasteiger partial charge in [0, 0.05) is 10.9 Å². The van der Waals surface area contributed by atoms with Crippen LogP contribution in [0.1, 0.15) is 23.7 Å². The molecule has 0 aliphatic heterocycles. The summed E-state index contributed by atoms with van der Waals surface area (Å²) in [6.07, 6.45) is -0.219. The number of benzene rings is 1. The summed E-state index contributed by atoms with van der Waals surface area (Å²) in [4.78, 5) is 10.6. The molecule has 0 saturated carbocycles. The van der Waals surface area contributed by atoms with Crippen molar-refractivity contribution in [2.24, 2.45) is 0 Å². The van der Waals surface area contributed by atoms with Gasteiger partial charge in [0.05, 0.1) is 0 Å². The Labute approximate surface area is 101 Å². The molecule has 0 aliphatic rings. The molecule has 0 spiro atoms. The Balaban J connectivity index is 2.94. The lowest BCUT2D eigenvalue weighted by Gasteiger charge is -2.09. The predicted molar refractivity (Wildman–Crippen MR) is 61.1 cm³/mol. The molecule has 3 nitrogen and oxygen atoms in total. The maximum Gasteiger partial charge on any atom is 0.337 e. The van der Waals surface area contributed by atoms with E-state index in [9.17, 15) is 14.3 Å². The molecule has 5 heteroatoms. The minimum Gasteiger partial charge on any atom is -0.479 e. The second-order valence-corrected chi connectivity index (χ2v) is 4.18. The smallest absolute Gasteiger partial charge is 0.337 e. The van der Waals surface area contributed by atoms with Gasteiger partial charge in [-0.05, 0) is 30.5 Å². The molecule has 0 aliphatic carbocycles. The lowest BCUT2D eigenvalue weighted by atomic mass is 10.0. The van der Waals surface area contributed by atoms with E-state index in [1.807, 2.05) is 0 Å². The molecule has 1 aromatic carbocycles. The van der Waals surface area contributed by atoms with Crippen molar-refractivity contribution >= 4 is 21.9 Å². The van der Waals surface area contributed by atoms with E-state index in [0.717, 1.165) is 17.3 Å². The zero-order valence-corrected chi connectivity index (χ0v) is 10.1. The SMILES string of the molecule is O=C(O)C(O)c1cc(CCCBr)ccc1F. The lowest BCUT2D eigenvalue weighted by molar-refractivity contribution is -0.147. The van der Waals surface area contributed by atoms with Crippen molar-refractivity contribution < 1.29 is 19.4 Å². The molecule has 0 fully saturated rings. The maximum absolute atomic E-state index is 13.3. The van der Waals surface area contributed by atoms with Gasteiger partial charge in [0.1, 0.15) is 5.82 Å². The minimum absolute atomic E-state index is 0.181. The first-order chi connectivity index (χ1) is 7.56. The first-order valence-corrected chi connectivity index (χ1v) is 5.93. The Kier molecular flexibility index (Phi) is 4.89. The van der Waals surface area contributed by atoms with Gasteiger partial charge in [0.2, 0.25) is 0 Å². The molecular weight excluding hydrogens is 279 g/mol. The van der Waals surface area contributed by atoms with E-state index >= 15 is 0 Å². The number of carbonyl (C=O) groups is 1. The molecule has 0 aromatic heterocycles. The molecule has 0 saturated heterocycles. The van der Waals surface area contributed by atoms with E-state index in [2.05, 4.69) is 15.9 Å². The number of hydrogen-bond acceptors (Lipinski definition) is 2. The second kappa shape index (κ2) is 5.96. The third-order valence-corrected chi connectivity index (χ3v) is 2.75. The normalized spacial score (nSPS) is 12.4. The van der Waals surface area contributed by atoms with Crippen molar-refractivity contribution in [3.8, 4) is 0 Å². The predicted octanol–water partition coefficient (Wildman–Crippen LogP) is 2.27. The fourth-order valence-corrected chi connectivity index (χ4v) is 1.64. The topological polar surface area (TPSA) is 57.5 Å². The number of aliphatic hydroxyl groups excluding tert-OH is 1. The summed E-state index contributed by atoms with van der Waals surface area (Å²) < 4.78 is 13.3. The molecule has 1 rings (SSSR count). The second-order valence-electron chi connectivity index (χ2n) is 3.39. The monoisotopic (exact) mass is 290 g/mol. The summed E-state index contributed by atoms with van der Waals surface area (Å²) in [5, 5.41) is 18.7. The third-order valence-electron chi connectivity index (χ3n) is 2.19. The summed E-state index contributed by atoms with van der Waals surface area (Å²) in [5.41, 5.74) is 0.635. The van der Waals surface area contributed by atoms with Gasteiger partial charge in [-0.25, -0.2) is 9.18 Å². The Hall–Kier alpha value is -0.940. The minimum atomic E-state index is -1.80. The van der Waals surface area contributed by atoms with Crippen molar-refractivity contribution in [2.45, 2.75) is 18.9 Å². The number of carboxylic acids is 1. The first-order valence-electron chi connectivity index (χ1n) is 4.81. The van der Waals surface area contributed by atoms with Crippen LogP contribution in [0.15, 0.2) is 18.2 Å². The molecule has 0 radical (unpaired) electrons. The Bertz CT molecular complexity index is 381. The van der Waals surface area contributed by atoms with E-state index in [4.69, 9.17) is 5.11 Å². The van der Waals surface area contributed by atoms with Crippen LogP contribution in [0.25, 0.3) is 0 Å². The van der Waals surface area contributed by atoms with Crippen LogP contribution in [0.3, 0.4) is 0 Å². The summed E-state index contributed by atoms with van der Waals surface area (Å²) in [6.45, 7) is 0. The van der Waals surface area contributed by atoms with Gasteiger partial charge in [-0.2, -0.15) is 0 Å². The number of carboxylic acid groups (broad SMARTS) is 1. The number of hydrogen-bond donors (Lipinski definition) is 2. The molecule has 16 heavy (non-hydrogen) atoms. The quantitative estimate of drug-likeness (QED) is 0.818. The van der Waals surface area contributed by atoms with Gasteiger partial charge in [-0.15, -0.1) is 0 Å². The van der Waals surface area contributed by atoms with Crippen LogP contribution in [0.2, 0.25) is 0 Å². The fourth-order valence-electron chi connectivity index (χ4n) is 1.36. The number of rotatable bonds is 5. The standard InChI is InChI=1S/C11H12BrFO3/c12-5-1-2-7-3-4-9(13)8(6-7)10(14)11(15)16/h3-4,6,10,14H,1-2,5H2,(H,15,16). The molecule has 1 unspecified atom stereocenters. The largest absolute Gasteiger partial charge is 0.479 e. The Morgan fingerprint density at radius 1 is 1.50 bits per heavy atom. The van der Waals surface area contributed by atoms with Gasteiger partial charge >= 0.3 is 5.97 Å². The van der Waals surface area contributed by atoms with Crippen LogP contribution < -0.4 is 0 Å². The molecule has 0 bridgehead atoms. The van der Waals surface area contributed by atoms with Crippen LogP contribution in [-0.2, 0) is 11.2 Å². The molecular formula is C11H12BrFO3. The van der Waals surface area contributed by atoms with Gasteiger partial charge < -0.3 is 10.2 Å². The average Bonchev–Trinajstić information content (AvgIpc) is 2.27. The van der Waals surface area contributed by atoms with Gasteiger partial charge in [-0.3, -0.25) is 0 Å². The molecule has 0 heterocycles. The number of alkyl halides is 1. The van der Waals surface area contributed by atoms with Gasteiger partial charge in [-0.1, -0.05) is 22.0 Å². The summed E-state index contributed by atoms with van der Waals surface area (Å²) >= 11 is 3.27. The van der Waals surface area contributed by atoms with Crippen molar-refractivity contribution in [3.05, 3.63) is 35.1 Å². The number of aliphatic hydroxyl groups is 1. The molecule has 1 aromatic rings. The van der Waals surface area contributed by atoms with Crippen LogP contribution in [0, 0.1) is 5.82 Å². The lowest BCUT2D eigenvalue weighted by Crippen LogP contribution is -2.12. The van der Waals surface area contributed by atoms with E-state index in [-0.39, 0.29) is 5.56 Å². The third kappa shape index (κ3) is 3.28. The van der Waals surface area contributed by atoms with Crippen molar-refractivity contribution in [2.75, 3.05) is 5.33 Å². The molecule has 0 amide bonds. The van der Waals surface area contributed by atoms with Crippen LogP contribution in [0.5, 0.6) is 0 Å². The van der Waals surface area contributed by atoms with E-state index in [1.165, 1.54) is 12.1 Å². The van der Waals surface area contributed by atoms with Crippen LogP contribution in [0.4, 0.5) is 4.39 Å². The number of aliphatic carboxylic acids is 1. The fraction of sp³-hybridized carbons (Fsp3) is 0.364. The van der Waals surface area contributed by atoms with Crippen LogP contribution in [-0.4, -0.2) is 21.5 Å². The molecule has 1 atom stereocenters. The van der Waals surface area contributed by atoms with Crippen molar-refractivity contribution in [1.82, 2.24) is 0 Å². The number of halogens is 2. The highest BCUT2D eigenvalue weighted by molar-refractivity contribution is 9.09. The summed E-state index contributed by atoms with van der Waals surface area (Å²) in [7, 11) is 0. The summed E-state index contributed by atoms with van der Waals surface area (Å²) in [5.74, 6) is -2.14. The van der Waals surface area contributed by atoms with E-state index in [0.29, 0.717) is 6.42 Å². The van der Waals surface area contributed by atoms with Crippen molar-refractivity contribution in [3.63, 3.8) is 0 Å². The van der Waals surface area contributed by atoms with Crippen molar-refractivity contribution in [1.29, 1.82) is 0 Å². The van der Waals surface area contributed by atoms with E-state index < -0.39 is 17.9 Å². The maximum atomic E-state index is 13.3. The first kappa shape index (κ1) is 13.1. The van der Waals surface area contributed by atoms with Crippen LogP contribution >= 0.6 is 15.9 Å². The zero-order chi connectivity index (χ0) is 12.1. The zero-order valence-electron chi connectivity index (χ0n) is 8.49. The number of aryl methyl sites for hydroxylation is 1. The van der Waals surface area contributed by atoms with Gasteiger partial charge in [0.25, 0.3) is 0 Å².